The molecule has 76 valence electrons. The molecule has 0 heterocycles. The highest BCUT2D eigenvalue weighted by atomic mass is 19.1. The third-order valence-corrected chi connectivity index (χ3v) is 3.34. The van der Waals surface area contributed by atoms with Crippen LogP contribution < -0.4 is 5.73 Å². The molecule has 0 aliphatic heterocycles. The standard InChI is InChI=1S/C12H16FN/c1-9-10(3-2-4-11(9)13)7-12(8-14)5-6-12/h2-4H,5-8,14H2,1H3. The summed E-state index contributed by atoms with van der Waals surface area (Å²) in [7, 11) is 0. The molecule has 0 unspecified atom stereocenters. The van der Waals surface area contributed by atoms with Crippen molar-refractivity contribution in [2.45, 2.75) is 26.2 Å². The molecule has 2 heteroatoms. The highest BCUT2D eigenvalue weighted by molar-refractivity contribution is 5.29. The van der Waals surface area contributed by atoms with Gasteiger partial charge in [-0.2, -0.15) is 0 Å². The van der Waals surface area contributed by atoms with E-state index < -0.39 is 0 Å². The van der Waals surface area contributed by atoms with E-state index in [1.807, 2.05) is 13.0 Å². The van der Waals surface area contributed by atoms with Gasteiger partial charge in [0.1, 0.15) is 5.82 Å². The van der Waals surface area contributed by atoms with Crippen molar-refractivity contribution in [3.63, 3.8) is 0 Å². The molecule has 1 nitrogen and oxygen atoms in total. The molecule has 2 N–H and O–H groups in total. The summed E-state index contributed by atoms with van der Waals surface area (Å²) < 4.78 is 13.2. The van der Waals surface area contributed by atoms with E-state index in [-0.39, 0.29) is 5.82 Å². The van der Waals surface area contributed by atoms with Gasteiger partial charge in [-0.05, 0) is 55.3 Å². The third kappa shape index (κ3) is 1.67. The fraction of sp³-hybridized carbons (Fsp3) is 0.500. The molecule has 1 aliphatic carbocycles. The van der Waals surface area contributed by atoms with Crippen LogP contribution in [0.4, 0.5) is 4.39 Å². The first kappa shape index (κ1) is 9.66. The quantitative estimate of drug-likeness (QED) is 0.783. The van der Waals surface area contributed by atoms with E-state index in [1.54, 1.807) is 6.07 Å². The maximum absolute atomic E-state index is 13.2. The van der Waals surface area contributed by atoms with Crippen molar-refractivity contribution in [3.05, 3.63) is 35.1 Å². The van der Waals surface area contributed by atoms with Gasteiger partial charge in [-0.3, -0.25) is 0 Å². The van der Waals surface area contributed by atoms with Gasteiger partial charge in [-0.15, -0.1) is 0 Å². The number of rotatable bonds is 3. The number of halogens is 1. The van der Waals surface area contributed by atoms with Crippen molar-refractivity contribution < 1.29 is 4.39 Å². The first-order chi connectivity index (χ1) is 6.67. The number of nitrogens with two attached hydrogens (primary N) is 1. The molecule has 1 fully saturated rings. The van der Waals surface area contributed by atoms with Gasteiger partial charge in [-0.1, -0.05) is 12.1 Å². The van der Waals surface area contributed by atoms with E-state index in [2.05, 4.69) is 0 Å². The zero-order chi connectivity index (χ0) is 10.2. The van der Waals surface area contributed by atoms with Crippen LogP contribution in [0.3, 0.4) is 0 Å². The fourth-order valence-corrected chi connectivity index (χ4v) is 1.88. The Morgan fingerprint density at radius 3 is 2.71 bits per heavy atom. The van der Waals surface area contributed by atoms with Gasteiger partial charge < -0.3 is 5.73 Å². The van der Waals surface area contributed by atoms with Gasteiger partial charge in [0.2, 0.25) is 0 Å². The molecule has 2 rings (SSSR count). The Balaban J connectivity index is 2.21. The van der Waals surface area contributed by atoms with Crippen LogP contribution in [0.1, 0.15) is 24.0 Å². The van der Waals surface area contributed by atoms with Crippen LogP contribution in [0.2, 0.25) is 0 Å². The van der Waals surface area contributed by atoms with Crippen LogP contribution in [-0.2, 0) is 6.42 Å². The SMILES string of the molecule is Cc1c(F)cccc1CC1(CN)CC1. The van der Waals surface area contributed by atoms with Crippen molar-refractivity contribution in [1.82, 2.24) is 0 Å². The summed E-state index contributed by atoms with van der Waals surface area (Å²) in [5.74, 6) is -0.102. The predicted octanol–water partition coefficient (Wildman–Crippen LogP) is 2.42. The van der Waals surface area contributed by atoms with E-state index in [9.17, 15) is 4.39 Å². The maximum Gasteiger partial charge on any atom is 0.126 e. The number of benzene rings is 1. The lowest BCUT2D eigenvalue weighted by atomic mass is 9.93. The molecule has 0 bridgehead atoms. The average Bonchev–Trinajstić information content (AvgIpc) is 2.94. The summed E-state index contributed by atoms with van der Waals surface area (Å²) in [6.45, 7) is 2.57. The topological polar surface area (TPSA) is 26.0 Å². The Morgan fingerprint density at radius 1 is 1.43 bits per heavy atom. The summed E-state index contributed by atoms with van der Waals surface area (Å²) >= 11 is 0. The zero-order valence-electron chi connectivity index (χ0n) is 8.52. The van der Waals surface area contributed by atoms with Gasteiger partial charge in [0.25, 0.3) is 0 Å². The Hall–Kier alpha value is -0.890. The lowest BCUT2D eigenvalue weighted by Crippen LogP contribution is -2.18. The third-order valence-electron chi connectivity index (χ3n) is 3.34. The van der Waals surface area contributed by atoms with Crippen molar-refractivity contribution in [3.8, 4) is 0 Å². The molecular weight excluding hydrogens is 177 g/mol. The first-order valence-corrected chi connectivity index (χ1v) is 5.11. The minimum Gasteiger partial charge on any atom is -0.330 e. The summed E-state index contributed by atoms with van der Waals surface area (Å²) in [6.07, 6.45) is 3.33. The van der Waals surface area contributed by atoms with Crippen LogP contribution in [0.25, 0.3) is 0 Å². The molecule has 0 amide bonds. The molecule has 1 aromatic rings. The normalized spacial score (nSPS) is 18.2. The zero-order valence-corrected chi connectivity index (χ0v) is 8.52. The smallest absolute Gasteiger partial charge is 0.126 e. The van der Waals surface area contributed by atoms with E-state index in [0.717, 1.165) is 24.1 Å². The summed E-state index contributed by atoms with van der Waals surface area (Å²) in [6, 6.07) is 5.30. The van der Waals surface area contributed by atoms with Gasteiger partial charge in [0, 0.05) is 0 Å². The second-order valence-corrected chi connectivity index (χ2v) is 4.40. The molecule has 0 aromatic heterocycles. The van der Waals surface area contributed by atoms with Gasteiger partial charge in [0.15, 0.2) is 0 Å². The van der Waals surface area contributed by atoms with Gasteiger partial charge in [-0.25, -0.2) is 4.39 Å². The van der Waals surface area contributed by atoms with E-state index in [4.69, 9.17) is 5.73 Å². The Bertz CT molecular complexity index is 342. The van der Waals surface area contributed by atoms with Crippen LogP contribution in [0, 0.1) is 18.2 Å². The lowest BCUT2D eigenvalue weighted by Gasteiger charge is -2.14. The van der Waals surface area contributed by atoms with Gasteiger partial charge in [0.05, 0.1) is 0 Å². The fourth-order valence-electron chi connectivity index (χ4n) is 1.88. The van der Waals surface area contributed by atoms with Crippen molar-refractivity contribution in [2.24, 2.45) is 11.1 Å². The molecule has 1 saturated carbocycles. The highest BCUT2D eigenvalue weighted by Gasteiger charge is 2.41. The second kappa shape index (κ2) is 3.35. The van der Waals surface area contributed by atoms with E-state index in [1.165, 1.54) is 18.9 Å². The molecule has 0 atom stereocenters. The lowest BCUT2D eigenvalue weighted by molar-refractivity contribution is 0.516. The van der Waals surface area contributed by atoms with Crippen molar-refractivity contribution >= 4 is 0 Å². The Morgan fingerprint density at radius 2 is 2.14 bits per heavy atom. The summed E-state index contributed by atoms with van der Waals surface area (Å²) in [5.41, 5.74) is 7.90. The van der Waals surface area contributed by atoms with Gasteiger partial charge >= 0.3 is 0 Å². The first-order valence-electron chi connectivity index (χ1n) is 5.11. The predicted molar refractivity (Wildman–Crippen MR) is 55.6 cm³/mol. The molecule has 1 aromatic carbocycles. The van der Waals surface area contributed by atoms with Crippen molar-refractivity contribution in [1.29, 1.82) is 0 Å². The molecule has 0 spiro atoms. The van der Waals surface area contributed by atoms with Crippen LogP contribution >= 0.6 is 0 Å². The van der Waals surface area contributed by atoms with E-state index >= 15 is 0 Å². The van der Waals surface area contributed by atoms with Crippen LogP contribution in [0.5, 0.6) is 0 Å². The number of hydrogen-bond donors (Lipinski definition) is 1. The molecule has 1 aliphatic rings. The molecule has 0 saturated heterocycles. The Kier molecular flexibility index (Phi) is 2.31. The monoisotopic (exact) mass is 193 g/mol. The minimum atomic E-state index is -0.102. The second-order valence-electron chi connectivity index (χ2n) is 4.40. The van der Waals surface area contributed by atoms with Crippen molar-refractivity contribution in [2.75, 3.05) is 6.54 Å². The van der Waals surface area contributed by atoms with E-state index in [0.29, 0.717) is 5.41 Å². The minimum absolute atomic E-state index is 0.102. The summed E-state index contributed by atoms with van der Waals surface area (Å²) in [4.78, 5) is 0. The highest BCUT2D eigenvalue weighted by Crippen LogP contribution is 2.47. The molecular formula is C12H16FN. The molecule has 0 radical (unpaired) electrons. The molecule has 14 heavy (non-hydrogen) atoms. The number of hydrogen-bond acceptors (Lipinski definition) is 1. The summed E-state index contributed by atoms with van der Waals surface area (Å²) in [5, 5.41) is 0. The maximum atomic E-state index is 13.2. The Labute approximate surface area is 84.1 Å². The van der Waals surface area contributed by atoms with Crippen LogP contribution in [-0.4, -0.2) is 6.54 Å². The largest absolute Gasteiger partial charge is 0.330 e. The average molecular weight is 193 g/mol. The van der Waals surface area contributed by atoms with Crippen LogP contribution in [0.15, 0.2) is 18.2 Å².